The van der Waals surface area contributed by atoms with Crippen molar-refractivity contribution in [3.05, 3.63) is 23.8 Å². The summed E-state index contributed by atoms with van der Waals surface area (Å²) in [5.41, 5.74) is -2.21. The van der Waals surface area contributed by atoms with Crippen molar-refractivity contribution in [2.75, 3.05) is 14.2 Å². The van der Waals surface area contributed by atoms with Crippen LogP contribution in [-0.4, -0.2) is 25.8 Å². The number of ether oxygens (including phenoxy) is 2. The van der Waals surface area contributed by atoms with Gasteiger partial charge in [-0.05, 0) is 19.1 Å². The summed E-state index contributed by atoms with van der Waals surface area (Å²) >= 11 is 0. The SMILES string of the molecule is COc1ccc(C(C)(O)C(F)F)c(OC)c1. The largest absolute Gasteiger partial charge is 0.497 e. The van der Waals surface area contributed by atoms with Gasteiger partial charge in [0.1, 0.15) is 11.5 Å². The summed E-state index contributed by atoms with van der Waals surface area (Å²) < 4.78 is 35.2. The molecular weight excluding hydrogens is 218 g/mol. The third kappa shape index (κ3) is 2.24. The topological polar surface area (TPSA) is 38.7 Å². The molecule has 0 amide bonds. The van der Waals surface area contributed by atoms with Crippen LogP contribution in [0.15, 0.2) is 18.2 Å². The zero-order valence-corrected chi connectivity index (χ0v) is 9.33. The molecule has 0 bridgehead atoms. The van der Waals surface area contributed by atoms with Crippen LogP contribution in [-0.2, 0) is 5.60 Å². The highest BCUT2D eigenvalue weighted by molar-refractivity contribution is 5.43. The summed E-state index contributed by atoms with van der Waals surface area (Å²) in [5, 5.41) is 9.67. The zero-order chi connectivity index (χ0) is 12.3. The summed E-state index contributed by atoms with van der Waals surface area (Å²) in [6.07, 6.45) is -2.89. The minimum atomic E-state index is -2.89. The molecule has 16 heavy (non-hydrogen) atoms. The molecule has 3 nitrogen and oxygen atoms in total. The number of aliphatic hydroxyl groups is 1. The van der Waals surface area contributed by atoms with E-state index in [0.717, 1.165) is 6.92 Å². The molecular formula is C11H14F2O3. The molecule has 5 heteroatoms. The fourth-order valence-electron chi connectivity index (χ4n) is 1.33. The quantitative estimate of drug-likeness (QED) is 0.864. The molecule has 1 rings (SSSR count). The number of rotatable bonds is 4. The number of hydrogen-bond acceptors (Lipinski definition) is 3. The fraction of sp³-hybridized carbons (Fsp3) is 0.455. The minimum Gasteiger partial charge on any atom is -0.497 e. The average Bonchev–Trinajstić information content (AvgIpc) is 2.27. The molecule has 0 aromatic heterocycles. The van der Waals surface area contributed by atoms with Crippen molar-refractivity contribution < 1.29 is 23.4 Å². The second-order valence-corrected chi connectivity index (χ2v) is 3.51. The van der Waals surface area contributed by atoms with Crippen LogP contribution in [0, 0.1) is 0 Å². The normalized spacial score (nSPS) is 14.7. The van der Waals surface area contributed by atoms with E-state index >= 15 is 0 Å². The van der Waals surface area contributed by atoms with Gasteiger partial charge in [0.05, 0.1) is 14.2 Å². The highest BCUT2D eigenvalue weighted by atomic mass is 19.3. The van der Waals surface area contributed by atoms with Gasteiger partial charge >= 0.3 is 0 Å². The van der Waals surface area contributed by atoms with E-state index in [1.54, 1.807) is 0 Å². The van der Waals surface area contributed by atoms with E-state index in [1.807, 2.05) is 0 Å². The van der Waals surface area contributed by atoms with Crippen LogP contribution in [0.4, 0.5) is 8.78 Å². The van der Waals surface area contributed by atoms with Crippen LogP contribution in [0.25, 0.3) is 0 Å². The standard InChI is InChI=1S/C11H14F2O3/c1-11(14,10(12)13)8-5-4-7(15-2)6-9(8)16-3/h4-6,10,14H,1-3H3. The highest BCUT2D eigenvalue weighted by Crippen LogP contribution is 2.36. The first-order valence-corrected chi connectivity index (χ1v) is 4.66. The first kappa shape index (κ1) is 12.7. The average molecular weight is 232 g/mol. The molecule has 1 unspecified atom stereocenters. The van der Waals surface area contributed by atoms with Crippen molar-refractivity contribution in [3.63, 3.8) is 0 Å². The Bertz CT molecular complexity index is 364. The van der Waals surface area contributed by atoms with Crippen LogP contribution < -0.4 is 9.47 Å². The lowest BCUT2D eigenvalue weighted by Gasteiger charge is -2.24. The van der Waals surface area contributed by atoms with Gasteiger partial charge in [-0.15, -0.1) is 0 Å². The van der Waals surface area contributed by atoms with Gasteiger partial charge in [0, 0.05) is 11.6 Å². The van der Waals surface area contributed by atoms with Crippen molar-refractivity contribution in [1.82, 2.24) is 0 Å². The number of halogens is 2. The molecule has 0 saturated carbocycles. The van der Waals surface area contributed by atoms with E-state index in [2.05, 4.69) is 0 Å². The summed E-state index contributed by atoms with van der Waals surface area (Å²) in [5.74, 6) is 0.648. The van der Waals surface area contributed by atoms with E-state index in [4.69, 9.17) is 9.47 Å². The Hall–Kier alpha value is -1.36. The Kier molecular flexibility index (Phi) is 3.70. The second-order valence-electron chi connectivity index (χ2n) is 3.51. The van der Waals surface area contributed by atoms with Gasteiger partial charge in [0.15, 0.2) is 5.60 Å². The molecule has 0 aliphatic rings. The Labute approximate surface area is 92.6 Å². The summed E-state index contributed by atoms with van der Waals surface area (Å²) in [6, 6.07) is 4.31. The smallest absolute Gasteiger partial charge is 0.270 e. The van der Waals surface area contributed by atoms with E-state index in [0.29, 0.717) is 5.75 Å². The van der Waals surface area contributed by atoms with E-state index in [-0.39, 0.29) is 11.3 Å². The molecule has 0 saturated heterocycles. The van der Waals surface area contributed by atoms with Crippen molar-refractivity contribution in [2.24, 2.45) is 0 Å². The predicted molar refractivity (Wildman–Crippen MR) is 55.1 cm³/mol. The molecule has 1 N–H and O–H groups in total. The maximum atomic E-state index is 12.7. The first-order valence-electron chi connectivity index (χ1n) is 4.66. The number of methoxy groups -OCH3 is 2. The minimum absolute atomic E-state index is 0.0331. The molecule has 1 atom stereocenters. The number of alkyl halides is 2. The van der Waals surface area contributed by atoms with Crippen LogP contribution in [0.3, 0.4) is 0 Å². The zero-order valence-electron chi connectivity index (χ0n) is 9.33. The maximum Gasteiger partial charge on any atom is 0.270 e. The molecule has 1 aromatic rings. The molecule has 1 aromatic carbocycles. The Morgan fingerprint density at radius 1 is 1.25 bits per heavy atom. The van der Waals surface area contributed by atoms with E-state index in [9.17, 15) is 13.9 Å². The monoisotopic (exact) mass is 232 g/mol. The molecule has 0 aliphatic heterocycles. The molecule has 0 radical (unpaired) electrons. The fourth-order valence-corrected chi connectivity index (χ4v) is 1.33. The van der Waals surface area contributed by atoms with Crippen LogP contribution in [0.1, 0.15) is 12.5 Å². The number of hydrogen-bond donors (Lipinski definition) is 1. The van der Waals surface area contributed by atoms with Gasteiger partial charge in [-0.1, -0.05) is 0 Å². The van der Waals surface area contributed by atoms with Crippen LogP contribution >= 0.6 is 0 Å². The van der Waals surface area contributed by atoms with E-state index < -0.39 is 12.0 Å². The Morgan fingerprint density at radius 2 is 1.88 bits per heavy atom. The van der Waals surface area contributed by atoms with Gasteiger partial charge in [-0.25, -0.2) is 8.78 Å². The van der Waals surface area contributed by atoms with Crippen LogP contribution in [0.2, 0.25) is 0 Å². The Morgan fingerprint density at radius 3 is 2.31 bits per heavy atom. The maximum absolute atomic E-state index is 12.7. The van der Waals surface area contributed by atoms with Crippen molar-refractivity contribution in [3.8, 4) is 11.5 Å². The van der Waals surface area contributed by atoms with Gasteiger partial charge in [-0.3, -0.25) is 0 Å². The second kappa shape index (κ2) is 4.65. The first-order chi connectivity index (χ1) is 7.43. The third-order valence-corrected chi connectivity index (χ3v) is 2.38. The summed E-state index contributed by atoms with van der Waals surface area (Å²) in [7, 11) is 2.81. The molecule has 90 valence electrons. The van der Waals surface area contributed by atoms with Crippen molar-refractivity contribution in [1.29, 1.82) is 0 Å². The summed E-state index contributed by atoms with van der Waals surface area (Å²) in [4.78, 5) is 0. The van der Waals surface area contributed by atoms with Crippen molar-refractivity contribution in [2.45, 2.75) is 19.0 Å². The van der Waals surface area contributed by atoms with Gasteiger partial charge in [0.2, 0.25) is 0 Å². The van der Waals surface area contributed by atoms with Gasteiger partial charge < -0.3 is 14.6 Å². The molecule has 0 spiro atoms. The predicted octanol–water partition coefficient (Wildman–Crippen LogP) is 2.18. The third-order valence-electron chi connectivity index (χ3n) is 2.38. The van der Waals surface area contributed by atoms with Crippen LogP contribution in [0.5, 0.6) is 11.5 Å². The molecule has 0 heterocycles. The Balaban J connectivity index is 3.23. The van der Waals surface area contributed by atoms with Crippen molar-refractivity contribution >= 4 is 0 Å². The lowest BCUT2D eigenvalue weighted by molar-refractivity contribution is -0.0894. The summed E-state index contributed by atoms with van der Waals surface area (Å²) in [6.45, 7) is 1.04. The molecule has 0 aliphatic carbocycles. The van der Waals surface area contributed by atoms with Gasteiger partial charge in [-0.2, -0.15) is 0 Å². The van der Waals surface area contributed by atoms with Gasteiger partial charge in [0.25, 0.3) is 6.43 Å². The lowest BCUT2D eigenvalue weighted by atomic mass is 9.95. The van der Waals surface area contributed by atoms with E-state index in [1.165, 1.54) is 32.4 Å². The number of benzene rings is 1. The lowest BCUT2D eigenvalue weighted by Crippen LogP contribution is -2.30. The highest BCUT2D eigenvalue weighted by Gasteiger charge is 2.36. The molecule has 0 fully saturated rings.